The molecule has 3 heteroatoms. The predicted octanol–water partition coefficient (Wildman–Crippen LogP) is 7.35. The SMILES string of the molecule is CCCCCCC(C)(C)C1=CC(C)(OCc2ccccc2)C2C(=C1)OC(C)CC2C#N. The van der Waals surface area contributed by atoms with Gasteiger partial charge in [-0.1, -0.05) is 76.8 Å². The van der Waals surface area contributed by atoms with Gasteiger partial charge in [-0.15, -0.1) is 0 Å². The van der Waals surface area contributed by atoms with Crippen molar-refractivity contribution >= 4 is 0 Å². The van der Waals surface area contributed by atoms with E-state index in [1.165, 1.54) is 31.3 Å². The average molecular weight is 422 g/mol. The molecule has 1 aliphatic heterocycles. The highest BCUT2D eigenvalue weighted by atomic mass is 16.5. The second kappa shape index (κ2) is 10.0. The van der Waals surface area contributed by atoms with Crippen LogP contribution in [-0.4, -0.2) is 11.7 Å². The van der Waals surface area contributed by atoms with Crippen molar-refractivity contribution in [1.29, 1.82) is 5.26 Å². The van der Waals surface area contributed by atoms with Crippen molar-refractivity contribution in [3.05, 3.63) is 59.4 Å². The first-order valence-corrected chi connectivity index (χ1v) is 12.0. The molecule has 1 heterocycles. The van der Waals surface area contributed by atoms with Gasteiger partial charge in [0.15, 0.2) is 0 Å². The number of nitriles is 1. The van der Waals surface area contributed by atoms with Gasteiger partial charge in [0.1, 0.15) is 5.76 Å². The molecule has 168 valence electrons. The fourth-order valence-corrected chi connectivity index (χ4v) is 5.05. The van der Waals surface area contributed by atoms with Crippen LogP contribution in [0.15, 0.2) is 53.8 Å². The third-order valence-electron chi connectivity index (χ3n) is 6.98. The van der Waals surface area contributed by atoms with Gasteiger partial charge in [0.25, 0.3) is 0 Å². The predicted molar refractivity (Wildman–Crippen MR) is 126 cm³/mol. The fraction of sp³-hybridized carbons (Fsp3) is 0.607. The number of fused-ring (bicyclic) bond motifs is 1. The minimum absolute atomic E-state index is 0.0370. The van der Waals surface area contributed by atoms with E-state index in [1.54, 1.807) is 0 Å². The van der Waals surface area contributed by atoms with Gasteiger partial charge in [-0.05, 0) is 49.0 Å². The first-order chi connectivity index (χ1) is 14.8. The zero-order valence-corrected chi connectivity index (χ0v) is 20.0. The van der Waals surface area contributed by atoms with Gasteiger partial charge in [-0.25, -0.2) is 0 Å². The third-order valence-corrected chi connectivity index (χ3v) is 6.98. The Labute approximate surface area is 189 Å². The zero-order valence-electron chi connectivity index (χ0n) is 20.0. The normalized spacial score (nSPS) is 28.1. The maximum atomic E-state index is 9.95. The second-order valence-corrected chi connectivity index (χ2v) is 10.2. The summed E-state index contributed by atoms with van der Waals surface area (Å²) in [7, 11) is 0. The molecule has 0 bridgehead atoms. The molecule has 1 aliphatic carbocycles. The van der Waals surface area contributed by atoms with E-state index in [1.807, 2.05) is 18.2 Å². The number of hydrogen-bond acceptors (Lipinski definition) is 3. The summed E-state index contributed by atoms with van der Waals surface area (Å²) in [4.78, 5) is 0. The largest absolute Gasteiger partial charge is 0.495 e. The monoisotopic (exact) mass is 421 g/mol. The Morgan fingerprint density at radius 1 is 1.19 bits per heavy atom. The molecule has 0 saturated carbocycles. The van der Waals surface area contributed by atoms with Gasteiger partial charge < -0.3 is 9.47 Å². The average Bonchev–Trinajstić information content (AvgIpc) is 2.75. The lowest BCUT2D eigenvalue weighted by Gasteiger charge is -2.47. The Balaban J connectivity index is 1.90. The smallest absolute Gasteiger partial charge is 0.104 e. The van der Waals surface area contributed by atoms with Crippen LogP contribution < -0.4 is 0 Å². The fourth-order valence-electron chi connectivity index (χ4n) is 5.05. The maximum absolute atomic E-state index is 9.95. The van der Waals surface area contributed by atoms with Crippen LogP contribution in [0.1, 0.15) is 78.7 Å². The van der Waals surface area contributed by atoms with Crippen LogP contribution in [0.2, 0.25) is 0 Å². The first-order valence-electron chi connectivity index (χ1n) is 12.0. The third kappa shape index (κ3) is 5.60. The summed E-state index contributed by atoms with van der Waals surface area (Å²) in [5.74, 6) is 0.748. The molecule has 3 rings (SSSR count). The van der Waals surface area contributed by atoms with E-state index >= 15 is 0 Å². The van der Waals surface area contributed by atoms with Gasteiger partial charge in [0.2, 0.25) is 0 Å². The molecule has 0 radical (unpaired) electrons. The van der Waals surface area contributed by atoms with Gasteiger partial charge in [0.05, 0.1) is 36.2 Å². The lowest BCUT2D eigenvalue weighted by Crippen LogP contribution is -2.48. The molecule has 1 aromatic carbocycles. The van der Waals surface area contributed by atoms with Gasteiger partial charge in [-0.3, -0.25) is 0 Å². The molecular formula is C28H39NO2. The summed E-state index contributed by atoms with van der Waals surface area (Å²) in [6.45, 7) is 11.6. The van der Waals surface area contributed by atoms with Crippen LogP contribution in [0, 0.1) is 28.6 Å². The van der Waals surface area contributed by atoms with Crippen LogP contribution in [0.5, 0.6) is 0 Å². The highest BCUT2D eigenvalue weighted by Crippen LogP contribution is 2.49. The van der Waals surface area contributed by atoms with Crippen molar-refractivity contribution in [2.45, 2.75) is 91.5 Å². The van der Waals surface area contributed by atoms with Crippen molar-refractivity contribution in [3.8, 4) is 6.07 Å². The first kappa shape index (κ1) is 23.6. The van der Waals surface area contributed by atoms with E-state index in [9.17, 15) is 5.26 Å². The molecule has 3 nitrogen and oxygen atoms in total. The topological polar surface area (TPSA) is 42.2 Å². The molecule has 2 aliphatic rings. The number of hydrogen-bond donors (Lipinski definition) is 0. The second-order valence-electron chi connectivity index (χ2n) is 10.2. The Hall–Kier alpha value is -2.05. The minimum atomic E-state index is -0.573. The van der Waals surface area contributed by atoms with E-state index in [0.29, 0.717) is 6.61 Å². The summed E-state index contributed by atoms with van der Waals surface area (Å²) < 4.78 is 12.9. The van der Waals surface area contributed by atoms with Crippen molar-refractivity contribution < 1.29 is 9.47 Å². The summed E-state index contributed by atoms with van der Waals surface area (Å²) in [5, 5.41) is 9.95. The molecule has 0 amide bonds. The number of allylic oxidation sites excluding steroid dienone is 2. The molecule has 1 saturated heterocycles. The number of unbranched alkanes of at least 4 members (excludes halogenated alkanes) is 3. The van der Waals surface area contributed by atoms with Crippen LogP contribution in [0.4, 0.5) is 0 Å². The van der Waals surface area contributed by atoms with E-state index in [2.05, 4.69) is 65.0 Å². The highest BCUT2D eigenvalue weighted by molar-refractivity contribution is 5.39. The molecular weight excluding hydrogens is 382 g/mol. The van der Waals surface area contributed by atoms with Crippen LogP contribution in [0.25, 0.3) is 0 Å². The summed E-state index contributed by atoms with van der Waals surface area (Å²) in [6, 6.07) is 12.8. The molecule has 1 fully saturated rings. The molecule has 0 spiro atoms. The van der Waals surface area contributed by atoms with Crippen LogP contribution >= 0.6 is 0 Å². The van der Waals surface area contributed by atoms with E-state index in [-0.39, 0.29) is 23.4 Å². The van der Waals surface area contributed by atoms with Crippen molar-refractivity contribution in [2.24, 2.45) is 17.3 Å². The number of ether oxygens (including phenoxy) is 2. The lowest BCUT2D eigenvalue weighted by atomic mass is 9.67. The van der Waals surface area contributed by atoms with E-state index < -0.39 is 5.60 Å². The highest BCUT2D eigenvalue weighted by Gasteiger charge is 2.49. The van der Waals surface area contributed by atoms with Crippen molar-refractivity contribution in [2.75, 3.05) is 0 Å². The number of nitrogens with zero attached hydrogens (tertiary/aromatic N) is 1. The molecule has 4 atom stereocenters. The Morgan fingerprint density at radius 3 is 2.61 bits per heavy atom. The van der Waals surface area contributed by atoms with E-state index in [0.717, 1.165) is 24.2 Å². The Kier molecular flexibility index (Phi) is 7.65. The molecule has 0 aromatic heterocycles. The quantitative estimate of drug-likeness (QED) is 0.391. The van der Waals surface area contributed by atoms with Gasteiger partial charge in [-0.2, -0.15) is 5.26 Å². The summed E-state index contributed by atoms with van der Waals surface area (Å²) in [6.07, 6.45) is 11.5. The number of benzene rings is 1. The van der Waals surface area contributed by atoms with Crippen LogP contribution in [0.3, 0.4) is 0 Å². The number of rotatable bonds is 9. The molecule has 31 heavy (non-hydrogen) atoms. The Bertz CT molecular complexity index is 832. The van der Waals surface area contributed by atoms with Gasteiger partial charge >= 0.3 is 0 Å². The maximum Gasteiger partial charge on any atom is 0.104 e. The molecule has 1 aromatic rings. The van der Waals surface area contributed by atoms with E-state index in [4.69, 9.17) is 9.47 Å². The molecule has 0 N–H and O–H groups in total. The summed E-state index contributed by atoms with van der Waals surface area (Å²) >= 11 is 0. The van der Waals surface area contributed by atoms with Crippen LogP contribution in [-0.2, 0) is 16.1 Å². The molecule has 4 unspecified atom stereocenters. The van der Waals surface area contributed by atoms with Crippen molar-refractivity contribution in [3.63, 3.8) is 0 Å². The lowest BCUT2D eigenvalue weighted by molar-refractivity contribution is -0.0933. The minimum Gasteiger partial charge on any atom is -0.495 e. The Morgan fingerprint density at radius 2 is 1.94 bits per heavy atom. The van der Waals surface area contributed by atoms with Crippen molar-refractivity contribution in [1.82, 2.24) is 0 Å². The van der Waals surface area contributed by atoms with Gasteiger partial charge in [0, 0.05) is 6.42 Å². The summed E-state index contributed by atoms with van der Waals surface area (Å²) in [5.41, 5.74) is 1.88. The zero-order chi connectivity index (χ0) is 22.5. The standard InChI is InChI=1S/C28H39NO2/c1-6-7-8-12-15-27(3,4)24-17-25-26(23(19-29)16-21(2)31-25)28(5,18-24)30-20-22-13-10-9-11-14-22/h9-11,13-14,17-18,21,23,26H,6-8,12,15-16,20H2,1-5H3.